The second-order valence-electron chi connectivity index (χ2n) is 4.11. The molecule has 3 heterocycles. The van der Waals surface area contributed by atoms with Crippen LogP contribution in [0.4, 0.5) is 0 Å². The van der Waals surface area contributed by atoms with E-state index in [2.05, 4.69) is 38.7 Å². The first-order valence-electron chi connectivity index (χ1n) is 5.73. The number of fused-ring (bicyclic) bond motifs is 1. The van der Waals surface area contributed by atoms with Gasteiger partial charge in [-0.05, 0) is 41.5 Å². The summed E-state index contributed by atoms with van der Waals surface area (Å²) in [5.41, 5.74) is 2.70. The summed E-state index contributed by atoms with van der Waals surface area (Å²) in [6.45, 7) is 2.10. The Kier molecular flexibility index (Phi) is 3.08. The third-order valence-corrected chi connectivity index (χ3v) is 4.08. The molecule has 0 saturated carbocycles. The highest BCUT2D eigenvalue weighted by atomic mass is 32.1. The number of H-pyrrole nitrogens is 1. The highest BCUT2D eigenvalue weighted by Gasteiger charge is 2.17. The molecule has 0 radical (unpaired) electrons. The number of aromatic nitrogens is 4. The van der Waals surface area contributed by atoms with Crippen LogP contribution >= 0.6 is 23.6 Å². The minimum Gasteiger partial charge on any atom is -0.479 e. The molecule has 3 aromatic heterocycles. The van der Waals surface area contributed by atoms with Gasteiger partial charge in [0.25, 0.3) is 0 Å². The van der Waals surface area contributed by atoms with Crippen LogP contribution in [-0.2, 0) is 0 Å². The molecule has 19 heavy (non-hydrogen) atoms. The molecule has 0 aliphatic rings. The molecular weight excluding hydrogens is 280 g/mol. The standard InChI is InChI=1S/C12H12N4OS2/c1-7(8-3-4-19-5-8)16-10-9(15-12(16)18)11(17-2)14-6-13-10/h3-7H,1-2H3,(H,15,18). The summed E-state index contributed by atoms with van der Waals surface area (Å²) in [5, 5.41) is 4.17. The summed E-state index contributed by atoms with van der Waals surface area (Å²) in [6, 6.07) is 2.21. The molecule has 1 N–H and O–H groups in total. The molecule has 0 saturated heterocycles. The Hall–Kier alpha value is -1.73. The number of methoxy groups -OCH3 is 1. The van der Waals surface area contributed by atoms with Crippen molar-refractivity contribution < 1.29 is 4.74 Å². The van der Waals surface area contributed by atoms with Crippen LogP contribution in [0.3, 0.4) is 0 Å². The maximum absolute atomic E-state index is 5.40. The summed E-state index contributed by atoms with van der Waals surface area (Å²) in [4.78, 5) is 11.5. The first kappa shape index (κ1) is 12.3. The second kappa shape index (κ2) is 4.75. The van der Waals surface area contributed by atoms with Gasteiger partial charge in [0, 0.05) is 0 Å². The number of thiophene rings is 1. The van der Waals surface area contributed by atoms with Crippen molar-refractivity contribution in [3.8, 4) is 5.88 Å². The quantitative estimate of drug-likeness (QED) is 0.753. The average molecular weight is 292 g/mol. The summed E-state index contributed by atoms with van der Waals surface area (Å²) >= 11 is 7.07. The van der Waals surface area contributed by atoms with Gasteiger partial charge in [0.2, 0.25) is 5.88 Å². The lowest BCUT2D eigenvalue weighted by Gasteiger charge is -2.12. The maximum Gasteiger partial charge on any atom is 0.242 e. The van der Waals surface area contributed by atoms with Crippen LogP contribution in [0.1, 0.15) is 18.5 Å². The zero-order valence-electron chi connectivity index (χ0n) is 10.5. The zero-order valence-corrected chi connectivity index (χ0v) is 12.1. The highest BCUT2D eigenvalue weighted by Crippen LogP contribution is 2.27. The van der Waals surface area contributed by atoms with Crippen LogP contribution in [0.15, 0.2) is 23.2 Å². The number of hydrogen-bond acceptors (Lipinski definition) is 5. The third-order valence-electron chi connectivity index (χ3n) is 3.08. The normalized spacial score (nSPS) is 12.7. The molecule has 0 fully saturated rings. The first-order valence-corrected chi connectivity index (χ1v) is 7.08. The van der Waals surface area contributed by atoms with E-state index < -0.39 is 0 Å². The van der Waals surface area contributed by atoms with Gasteiger partial charge >= 0.3 is 0 Å². The summed E-state index contributed by atoms with van der Waals surface area (Å²) in [6.07, 6.45) is 1.49. The van der Waals surface area contributed by atoms with E-state index in [9.17, 15) is 0 Å². The molecule has 0 spiro atoms. The predicted octanol–water partition coefficient (Wildman–Crippen LogP) is 3.17. The van der Waals surface area contributed by atoms with Gasteiger partial charge in [0.15, 0.2) is 10.4 Å². The van der Waals surface area contributed by atoms with Crippen LogP contribution in [0.25, 0.3) is 11.2 Å². The van der Waals surface area contributed by atoms with Gasteiger partial charge in [-0.25, -0.2) is 4.98 Å². The van der Waals surface area contributed by atoms with E-state index in [1.54, 1.807) is 18.4 Å². The molecule has 1 unspecified atom stereocenters. The molecule has 7 heteroatoms. The molecule has 0 aliphatic heterocycles. The molecule has 0 aromatic carbocycles. The van der Waals surface area contributed by atoms with Gasteiger partial charge in [-0.15, -0.1) is 0 Å². The lowest BCUT2D eigenvalue weighted by atomic mass is 10.2. The number of nitrogens with zero attached hydrogens (tertiary/aromatic N) is 3. The third kappa shape index (κ3) is 1.95. The second-order valence-corrected chi connectivity index (χ2v) is 5.28. The molecule has 3 aromatic rings. The van der Waals surface area contributed by atoms with Crippen LogP contribution < -0.4 is 4.74 Å². The molecule has 0 aliphatic carbocycles. The van der Waals surface area contributed by atoms with E-state index in [0.29, 0.717) is 10.7 Å². The minimum absolute atomic E-state index is 0.118. The van der Waals surface area contributed by atoms with Crippen molar-refractivity contribution in [1.29, 1.82) is 0 Å². The predicted molar refractivity (Wildman–Crippen MR) is 77.4 cm³/mol. The van der Waals surface area contributed by atoms with Crippen LogP contribution in [-0.4, -0.2) is 26.6 Å². The lowest BCUT2D eigenvalue weighted by molar-refractivity contribution is 0.401. The lowest BCUT2D eigenvalue weighted by Crippen LogP contribution is -2.06. The highest BCUT2D eigenvalue weighted by molar-refractivity contribution is 7.71. The van der Waals surface area contributed by atoms with Gasteiger partial charge in [-0.3, -0.25) is 4.57 Å². The van der Waals surface area contributed by atoms with Gasteiger partial charge in [-0.1, -0.05) is 0 Å². The topological polar surface area (TPSA) is 55.7 Å². The Morgan fingerprint density at radius 1 is 1.47 bits per heavy atom. The van der Waals surface area contributed by atoms with E-state index in [1.165, 1.54) is 11.9 Å². The van der Waals surface area contributed by atoms with Crippen molar-refractivity contribution in [1.82, 2.24) is 19.5 Å². The number of nitrogens with one attached hydrogen (secondary N) is 1. The van der Waals surface area contributed by atoms with Gasteiger partial charge in [0.05, 0.1) is 13.2 Å². The van der Waals surface area contributed by atoms with E-state index in [0.717, 1.165) is 11.2 Å². The van der Waals surface area contributed by atoms with Crippen molar-refractivity contribution in [2.75, 3.05) is 7.11 Å². The fourth-order valence-corrected chi connectivity index (χ4v) is 3.19. The van der Waals surface area contributed by atoms with E-state index >= 15 is 0 Å². The van der Waals surface area contributed by atoms with Gasteiger partial charge in [-0.2, -0.15) is 16.3 Å². The van der Waals surface area contributed by atoms with Crippen molar-refractivity contribution >= 4 is 34.7 Å². The number of ether oxygens (including phenoxy) is 1. The average Bonchev–Trinajstić information content (AvgIpc) is 3.04. The zero-order chi connectivity index (χ0) is 13.4. The van der Waals surface area contributed by atoms with Crippen LogP contribution in [0.2, 0.25) is 0 Å². The molecule has 1 atom stereocenters. The van der Waals surface area contributed by atoms with Crippen molar-refractivity contribution in [2.24, 2.45) is 0 Å². The Bertz CT molecular complexity index is 760. The van der Waals surface area contributed by atoms with Crippen LogP contribution in [0.5, 0.6) is 5.88 Å². The molecule has 98 valence electrons. The largest absolute Gasteiger partial charge is 0.479 e. The van der Waals surface area contributed by atoms with E-state index in [-0.39, 0.29) is 6.04 Å². The van der Waals surface area contributed by atoms with Crippen molar-refractivity contribution in [2.45, 2.75) is 13.0 Å². The van der Waals surface area contributed by atoms with E-state index in [1.807, 2.05) is 4.57 Å². The number of hydrogen-bond donors (Lipinski definition) is 1. The summed E-state index contributed by atoms with van der Waals surface area (Å²) < 4.78 is 7.83. The number of aromatic amines is 1. The fourth-order valence-electron chi connectivity index (χ4n) is 2.09. The molecule has 5 nitrogen and oxygen atoms in total. The monoisotopic (exact) mass is 292 g/mol. The Morgan fingerprint density at radius 3 is 3.00 bits per heavy atom. The smallest absolute Gasteiger partial charge is 0.242 e. The maximum atomic E-state index is 5.40. The summed E-state index contributed by atoms with van der Waals surface area (Å²) in [5.74, 6) is 0.507. The van der Waals surface area contributed by atoms with Gasteiger partial charge in [0.1, 0.15) is 11.8 Å². The first-order chi connectivity index (χ1) is 9.22. The SMILES string of the molecule is COc1ncnc2c1[nH]c(=S)n2C(C)c1ccsc1. The Morgan fingerprint density at radius 2 is 2.32 bits per heavy atom. The Labute approximate surface area is 118 Å². The molecule has 0 bridgehead atoms. The van der Waals surface area contributed by atoms with Crippen molar-refractivity contribution in [3.05, 3.63) is 33.5 Å². The molecule has 0 amide bonds. The Balaban J connectivity index is 2.24. The summed E-state index contributed by atoms with van der Waals surface area (Å²) in [7, 11) is 1.58. The van der Waals surface area contributed by atoms with Crippen LogP contribution in [0, 0.1) is 4.77 Å². The fraction of sp³-hybridized carbons (Fsp3) is 0.250. The molecular formula is C12H12N4OS2. The number of rotatable bonds is 3. The van der Waals surface area contributed by atoms with E-state index in [4.69, 9.17) is 17.0 Å². The van der Waals surface area contributed by atoms with Gasteiger partial charge < -0.3 is 9.72 Å². The number of imidazole rings is 1. The van der Waals surface area contributed by atoms with Crippen molar-refractivity contribution in [3.63, 3.8) is 0 Å². The molecule has 3 rings (SSSR count). The minimum atomic E-state index is 0.118.